The molecule has 8 nitrogen and oxygen atoms in total. The molecular weight excluding hydrogens is 476 g/mol. The molecule has 3 aromatic heterocycles. The van der Waals surface area contributed by atoms with E-state index in [1.54, 1.807) is 17.1 Å². The molecule has 0 unspecified atom stereocenters. The molecule has 2 aliphatic heterocycles. The Bertz CT molecular complexity index is 1360. The molecule has 4 aromatic rings. The number of carbonyl (C=O) groups is 1. The zero-order chi connectivity index (χ0) is 25.9. The normalized spacial score (nSPS) is 18.9. The Morgan fingerprint density at radius 3 is 2.68 bits per heavy atom. The molecule has 1 amide bonds. The monoisotopic (exact) mass is 512 g/mol. The minimum atomic E-state index is 0.0429. The maximum atomic E-state index is 13.1. The number of fused-ring (bicyclic) bond motifs is 1. The number of amides is 1. The van der Waals surface area contributed by atoms with E-state index in [4.69, 9.17) is 4.74 Å². The first-order chi connectivity index (χ1) is 18.7. The maximum absolute atomic E-state index is 13.1. The van der Waals surface area contributed by atoms with Crippen molar-refractivity contribution in [2.45, 2.75) is 51.1 Å². The average molecular weight is 513 g/mol. The number of benzene rings is 1. The Morgan fingerprint density at radius 1 is 1.05 bits per heavy atom. The highest BCUT2D eigenvalue weighted by Gasteiger charge is 2.25. The van der Waals surface area contributed by atoms with Gasteiger partial charge in [0.2, 0.25) is 0 Å². The van der Waals surface area contributed by atoms with E-state index in [2.05, 4.69) is 56.9 Å². The summed E-state index contributed by atoms with van der Waals surface area (Å²) < 4.78 is 10.1. The standard InChI is InChI=1S/C30H36N6O2/c1-23-5-2-14-33(23)15-4-20-38-27-7-8-28-24(21-27)10-19-35(28)26-11-17-34(18-12-26)30(37)25-6-9-29(31-22-25)36-16-3-13-32-36/h3,6-10,13,16,19,21-23,26H,2,4-5,11-12,14-15,17-18,20H2,1H3/t23-/m1/s1. The molecule has 2 fully saturated rings. The van der Waals surface area contributed by atoms with Crippen molar-refractivity contribution in [3.05, 3.63) is 72.8 Å². The lowest BCUT2D eigenvalue weighted by Crippen LogP contribution is -2.39. The van der Waals surface area contributed by atoms with Gasteiger partial charge in [0, 0.05) is 67.4 Å². The van der Waals surface area contributed by atoms with Crippen LogP contribution >= 0.6 is 0 Å². The summed E-state index contributed by atoms with van der Waals surface area (Å²) in [5, 5.41) is 5.40. The maximum Gasteiger partial charge on any atom is 0.255 e. The number of aromatic nitrogens is 4. The second kappa shape index (κ2) is 11.0. The lowest BCUT2D eigenvalue weighted by atomic mass is 10.0. The number of likely N-dealkylation sites (tertiary alicyclic amines) is 2. The van der Waals surface area contributed by atoms with Gasteiger partial charge < -0.3 is 19.1 Å². The third-order valence-electron chi connectivity index (χ3n) is 8.12. The molecule has 0 radical (unpaired) electrons. The van der Waals surface area contributed by atoms with Crippen molar-refractivity contribution in [1.82, 2.24) is 29.1 Å². The molecule has 5 heterocycles. The van der Waals surface area contributed by atoms with Crippen LogP contribution < -0.4 is 4.74 Å². The molecule has 1 aromatic carbocycles. The number of hydrogen-bond donors (Lipinski definition) is 0. The Labute approximate surface area is 223 Å². The summed E-state index contributed by atoms with van der Waals surface area (Å²) >= 11 is 0. The molecule has 0 aliphatic carbocycles. The van der Waals surface area contributed by atoms with Crippen molar-refractivity contribution in [3.8, 4) is 11.6 Å². The molecule has 1 atom stereocenters. The number of rotatable bonds is 8. The van der Waals surface area contributed by atoms with Crippen molar-refractivity contribution < 1.29 is 9.53 Å². The first kappa shape index (κ1) is 24.7. The number of piperidine rings is 1. The summed E-state index contributed by atoms with van der Waals surface area (Å²) in [5.74, 6) is 1.69. The van der Waals surface area contributed by atoms with Gasteiger partial charge in [0.25, 0.3) is 5.91 Å². The average Bonchev–Trinajstić information content (AvgIpc) is 3.72. The zero-order valence-electron chi connectivity index (χ0n) is 22.1. The van der Waals surface area contributed by atoms with Gasteiger partial charge in [-0.15, -0.1) is 0 Å². The van der Waals surface area contributed by atoms with E-state index < -0.39 is 0 Å². The minimum absolute atomic E-state index is 0.0429. The van der Waals surface area contributed by atoms with Gasteiger partial charge in [-0.25, -0.2) is 9.67 Å². The Balaban J connectivity index is 1.02. The summed E-state index contributed by atoms with van der Waals surface area (Å²) in [4.78, 5) is 22.0. The van der Waals surface area contributed by atoms with E-state index in [-0.39, 0.29) is 5.91 Å². The van der Waals surface area contributed by atoms with Crippen molar-refractivity contribution >= 4 is 16.8 Å². The van der Waals surface area contributed by atoms with Crippen LogP contribution in [0.1, 0.15) is 55.4 Å². The summed E-state index contributed by atoms with van der Waals surface area (Å²) in [6, 6.07) is 15.2. The molecule has 2 aliphatic rings. The van der Waals surface area contributed by atoms with E-state index in [9.17, 15) is 4.79 Å². The van der Waals surface area contributed by atoms with Crippen molar-refractivity contribution in [2.75, 3.05) is 32.8 Å². The van der Waals surface area contributed by atoms with Gasteiger partial charge in [0.05, 0.1) is 12.2 Å². The van der Waals surface area contributed by atoms with Gasteiger partial charge >= 0.3 is 0 Å². The molecule has 6 rings (SSSR count). The fraction of sp³-hybridized carbons (Fsp3) is 0.433. The molecule has 38 heavy (non-hydrogen) atoms. The highest BCUT2D eigenvalue weighted by molar-refractivity contribution is 5.94. The van der Waals surface area contributed by atoms with E-state index >= 15 is 0 Å². The van der Waals surface area contributed by atoms with E-state index in [1.165, 1.54) is 30.3 Å². The quantitative estimate of drug-likeness (QED) is 0.313. The lowest BCUT2D eigenvalue weighted by molar-refractivity contribution is 0.0695. The Hall–Kier alpha value is -3.65. The molecule has 198 valence electrons. The Morgan fingerprint density at radius 2 is 1.95 bits per heavy atom. The highest BCUT2D eigenvalue weighted by atomic mass is 16.5. The molecule has 0 saturated carbocycles. The number of nitrogens with zero attached hydrogens (tertiary/aromatic N) is 6. The predicted octanol–water partition coefficient (Wildman–Crippen LogP) is 4.95. The summed E-state index contributed by atoms with van der Waals surface area (Å²) in [6.45, 7) is 6.90. The second-order valence-electron chi connectivity index (χ2n) is 10.6. The fourth-order valence-electron chi connectivity index (χ4n) is 5.92. The van der Waals surface area contributed by atoms with Crippen molar-refractivity contribution in [3.63, 3.8) is 0 Å². The van der Waals surface area contributed by atoms with Crippen LogP contribution in [-0.4, -0.2) is 73.9 Å². The minimum Gasteiger partial charge on any atom is -0.494 e. The summed E-state index contributed by atoms with van der Waals surface area (Å²) in [6.07, 6.45) is 13.0. The number of ether oxygens (including phenoxy) is 1. The summed E-state index contributed by atoms with van der Waals surface area (Å²) in [5.41, 5.74) is 1.85. The van der Waals surface area contributed by atoms with Gasteiger partial charge in [0.1, 0.15) is 5.75 Å². The smallest absolute Gasteiger partial charge is 0.255 e. The first-order valence-corrected chi connectivity index (χ1v) is 13.9. The first-order valence-electron chi connectivity index (χ1n) is 13.9. The van der Waals surface area contributed by atoms with Gasteiger partial charge in [-0.1, -0.05) is 0 Å². The largest absolute Gasteiger partial charge is 0.494 e. The summed E-state index contributed by atoms with van der Waals surface area (Å²) in [7, 11) is 0. The van der Waals surface area contributed by atoms with Crippen LogP contribution in [0.5, 0.6) is 5.75 Å². The van der Waals surface area contributed by atoms with Gasteiger partial charge in [-0.2, -0.15) is 5.10 Å². The van der Waals surface area contributed by atoms with Crippen LogP contribution in [0.4, 0.5) is 0 Å². The third kappa shape index (κ3) is 5.18. The van der Waals surface area contributed by atoms with Crippen LogP contribution in [0, 0.1) is 0 Å². The van der Waals surface area contributed by atoms with Crippen LogP contribution in [0.15, 0.2) is 67.3 Å². The zero-order valence-corrected chi connectivity index (χ0v) is 22.1. The Kier molecular flexibility index (Phi) is 7.14. The predicted molar refractivity (Wildman–Crippen MR) is 148 cm³/mol. The van der Waals surface area contributed by atoms with Crippen molar-refractivity contribution in [1.29, 1.82) is 0 Å². The molecule has 0 bridgehead atoms. The van der Waals surface area contributed by atoms with Gasteiger partial charge in [-0.05, 0) is 88.0 Å². The van der Waals surface area contributed by atoms with E-state index in [0.717, 1.165) is 51.3 Å². The van der Waals surface area contributed by atoms with E-state index in [0.29, 0.717) is 23.5 Å². The highest BCUT2D eigenvalue weighted by Crippen LogP contribution is 2.30. The van der Waals surface area contributed by atoms with Crippen LogP contribution in [0.25, 0.3) is 16.7 Å². The third-order valence-corrected chi connectivity index (χ3v) is 8.12. The molecule has 0 spiro atoms. The number of pyridine rings is 1. The molecular formula is C30H36N6O2. The van der Waals surface area contributed by atoms with Crippen molar-refractivity contribution in [2.24, 2.45) is 0 Å². The van der Waals surface area contributed by atoms with Gasteiger partial charge in [0.15, 0.2) is 5.82 Å². The SMILES string of the molecule is C[C@@H]1CCCN1CCCOc1ccc2c(ccn2C2CCN(C(=O)c3ccc(-n4cccn4)nc3)CC2)c1. The van der Waals surface area contributed by atoms with Crippen LogP contribution in [0.2, 0.25) is 0 Å². The second-order valence-corrected chi connectivity index (χ2v) is 10.6. The number of carbonyl (C=O) groups excluding carboxylic acids is 1. The topological polar surface area (TPSA) is 68.4 Å². The fourth-order valence-corrected chi connectivity index (χ4v) is 5.92. The number of hydrogen-bond acceptors (Lipinski definition) is 5. The lowest BCUT2D eigenvalue weighted by Gasteiger charge is -2.33. The van der Waals surface area contributed by atoms with Gasteiger partial charge in [-0.3, -0.25) is 4.79 Å². The molecule has 2 saturated heterocycles. The molecule has 8 heteroatoms. The van der Waals surface area contributed by atoms with Crippen LogP contribution in [-0.2, 0) is 0 Å². The van der Waals surface area contributed by atoms with E-state index in [1.807, 2.05) is 29.3 Å². The van der Waals surface area contributed by atoms with Crippen LogP contribution in [0.3, 0.4) is 0 Å². The molecule has 0 N–H and O–H groups in total.